The topological polar surface area (TPSA) is 67.4 Å². The molecule has 0 heterocycles. The Morgan fingerprint density at radius 3 is 2.57 bits per heavy atom. The van der Waals surface area contributed by atoms with Crippen molar-refractivity contribution < 1.29 is 14.3 Å². The molecule has 5 heteroatoms. The molecule has 0 atom stereocenters. The Bertz CT molecular complexity index is 461. The highest BCUT2D eigenvalue weighted by molar-refractivity contribution is 5.82. The van der Waals surface area contributed by atoms with Crippen molar-refractivity contribution in [3.63, 3.8) is 0 Å². The highest BCUT2D eigenvalue weighted by Crippen LogP contribution is 2.11. The Kier molecular flexibility index (Phi) is 7.94. The zero-order valence-corrected chi connectivity index (χ0v) is 12.8. The van der Waals surface area contributed by atoms with Gasteiger partial charge in [0.1, 0.15) is 5.75 Å². The molecule has 0 spiro atoms. The number of rotatable bonds is 8. The molecule has 0 aliphatic rings. The Morgan fingerprint density at radius 1 is 1.10 bits per heavy atom. The molecule has 2 amide bonds. The maximum absolute atomic E-state index is 11.5. The lowest BCUT2D eigenvalue weighted by molar-refractivity contribution is -0.130. The molecule has 1 aromatic carbocycles. The number of hydrogen-bond donors (Lipinski definition) is 2. The fourth-order valence-electron chi connectivity index (χ4n) is 1.80. The first-order valence-electron chi connectivity index (χ1n) is 7.39. The zero-order valence-electron chi connectivity index (χ0n) is 12.8. The number of hydrazine groups is 1. The maximum Gasteiger partial charge on any atom is 0.276 e. The van der Waals surface area contributed by atoms with Crippen LogP contribution in [-0.4, -0.2) is 18.4 Å². The van der Waals surface area contributed by atoms with Crippen LogP contribution in [0.25, 0.3) is 0 Å². The van der Waals surface area contributed by atoms with Crippen LogP contribution in [0.3, 0.4) is 0 Å². The largest absolute Gasteiger partial charge is 0.484 e. The van der Waals surface area contributed by atoms with Crippen molar-refractivity contribution in [2.24, 2.45) is 0 Å². The van der Waals surface area contributed by atoms with E-state index in [1.807, 2.05) is 25.1 Å². The number of amides is 2. The highest BCUT2D eigenvalue weighted by atomic mass is 16.5. The third-order valence-electron chi connectivity index (χ3n) is 2.96. The van der Waals surface area contributed by atoms with Crippen LogP contribution < -0.4 is 15.6 Å². The first-order valence-corrected chi connectivity index (χ1v) is 7.39. The van der Waals surface area contributed by atoms with Crippen molar-refractivity contribution in [1.29, 1.82) is 0 Å². The van der Waals surface area contributed by atoms with Crippen molar-refractivity contribution in [3.8, 4) is 5.75 Å². The second-order valence-corrected chi connectivity index (χ2v) is 5.01. The number of aryl methyl sites for hydroxylation is 1. The van der Waals surface area contributed by atoms with Crippen LogP contribution in [0.4, 0.5) is 0 Å². The van der Waals surface area contributed by atoms with Crippen molar-refractivity contribution in [1.82, 2.24) is 10.9 Å². The fourth-order valence-corrected chi connectivity index (χ4v) is 1.80. The summed E-state index contributed by atoms with van der Waals surface area (Å²) in [5.41, 5.74) is 5.80. The smallest absolute Gasteiger partial charge is 0.276 e. The molecule has 0 unspecified atom stereocenters. The number of unbranched alkanes of at least 4 members (excludes halogenated alkanes) is 3. The molecule has 1 rings (SSSR count). The van der Waals surface area contributed by atoms with Gasteiger partial charge in [0.05, 0.1) is 0 Å². The molecule has 0 radical (unpaired) electrons. The molecule has 0 saturated carbocycles. The second kappa shape index (κ2) is 9.80. The molecular weight excluding hydrogens is 268 g/mol. The first-order chi connectivity index (χ1) is 10.1. The van der Waals surface area contributed by atoms with E-state index in [1.54, 1.807) is 6.07 Å². The van der Waals surface area contributed by atoms with Crippen LogP contribution >= 0.6 is 0 Å². The minimum Gasteiger partial charge on any atom is -0.484 e. The van der Waals surface area contributed by atoms with Crippen molar-refractivity contribution in [2.45, 2.75) is 46.0 Å². The van der Waals surface area contributed by atoms with Gasteiger partial charge in [-0.3, -0.25) is 20.4 Å². The third-order valence-corrected chi connectivity index (χ3v) is 2.96. The van der Waals surface area contributed by atoms with E-state index in [0.29, 0.717) is 12.2 Å². The number of hydrogen-bond acceptors (Lipinski definition) is 3. The standard InChI is InChI=1S/C16H24N2O3/c1-3-4-5-6-10-15(19)17-18-16(20)12-21-14-9-7-8-13(2)11-14/h7-9,11H,3-6,10,12H2,1-2H3,(H,17,19)(H,18,20). The molecule has 5 nitrogen and oxygen atoms in total. The lowest BCUT2D eigenvalue weighted by Crippen LogP contribution is -2.43. The van der Waals surface area contributed by atoms with Gasteiger partial charge in [0.2, 0.25) is 5.91 Å². The van der Waals surface area contributed by atoms with E-state index in [2.05, 4.69) is 17.8 Å². The number of nitrogens with one attached hydrogen (secondary N) is 2. The molecule has 0 aromatic heterocycles. The summed E-state index contributed by atoms with van der Waals surface area (Å²) >= 11 is 0. The summed E-state index contributed by atoms with van der Waals surface area (Å²) < 4.78 is 5.33. The second-order valence-electron chi connectivity index (χ2n) is 5.01. The Balaban J connectivity index is 2.15. The number of carbonyl (C=O) groups excluding carboxylic acids is 2. The van der Waals surface area contributed by atoms with Gasteiger partial charge in [-0.15, -0.1) is 0 Å². The summed E-state index contributed by atoms with van der Waals surface area (Å²) in [5.74, 6) is 0.0875. The van der Waals surface area contributed by atoms with Crippen molar-refractivity contribution >= 4 is 11.8 Å². The summed E-state index contributed by atoms with van der Waals surface area (Å²) in [4.78, 5) is 23.0. The monoisotopic (exact) mass is 292 g/mol. The molecule has 0 saturated heterocycles. The van der Waals surface area contributed by atoms with Gasteiger partial charge in [-0.25, -0.2) is 0 Å². The van der Waals surface area contributed by atoms with E-state index in [4.69, 9.17) is 4.74 Å². The van der Waals surface area contributed by atoms with E-state index in [1.165, 1.54) is 0 Å². The van der Waals surface area contributed by atoms with Gasteiger partial charge < -0.3 is 4.74 Å². The average molecular weight is 292 g/mol. The van der Waals surface area contributed by atoms with Crippen LogP contribution in [0.2, 0.25) is 0 Å². The minimum atomic E-state index is -0.376. The quantitative estimate of drug-likeness (QED) is 0.571. The van der Waals surface area contributed by atoms with E-state index in [-0.39, 0.29) is 18.4 Å². The Hall–Kier alpha value is -2.04. The maximum atomic E-state index is 11.5. The lowest BCUT2D eigenvalue weighted by atomic mass is 10.1. The Labute approximate surface area is 126 Å². The normalized spacial score (nSPS) is 10.0. The summed E-state index contributed by atoms with van der Waals surface area (Å²) in [6, 6.07) is 7.44. The van der Waals surface area contributed by atoms with E-state index >= 15 is 0 Å². The molecule has 21 heavy (non-hydrogen) atoms. The Morgan fingerprint density at radius 2 is 1.86 bits per heavy atom. The van der Waals surface area contributed by atoms with E-state index < -0.39 is 0 Å². The van der Waals surface area contributed by atoms with Gasteiger partial charge in [-0.1, -0.05) is 38.3 Å². The predicted octanol–water partition coefficient (Wildman–Crippen LogP) is 2.49. The van der Waals surface area contributed by atoms with Crippen LogP contribution in [-0.2, 0) is 9.59 Å². The summed E-state index contributed by atoms with van der Waals surface area (Å²) in [6.45, 7) is 3.94. The number of benzene rings is 1. The SMILES string of the molecule is CCCCCCC(=O)NNC(=O)COc1cccc(C)c1. The van der Waals surface area contributed by atoms with Gasteiger partial charge in [0.25, 0.3) is 5.91 Å². The molecule has 0 bridgehead atoms. The fraction of sp³-hybridized carbons (Fsp3) is 0.500. The van der Waals surface area contributed by atoms with E-state index in [9.17, 15) is 9.59 Å². The van der Waals surface area contributed by atoms with E-state index in [0.717, 1.165) is 31.2 Å². The molecule has 0 aliphatic carbocycles. The number of ether oxygens (including phenoxy) is 1. The molecule has 1 aromatic rings. The zero-order chi connectivity index (χ0) is 15.5. The van der Waals surface area contributed by atoms with Gasteiger partial charge in [-0.05, 0) is 31.0 Å². The van der Waals surface area contributed by atoms with Gasteiger partial charge in [-0.2, -0.15) is 0 Å². The first kappa shape index (κ1) is 17.0. The van der Waals surface area contributed by atoms with Crippen LogP contribution in [0.5, 0.6) is 5.75 Å². The number of carbonyl (C=O) groups is 2. The lowest BCUT2D eigenvalue weighted by Gasteiger charge is -2.09. The van der Waals surface area contributed by atoms with Gasteiger partial charge in [0.15, 0.2) is 6.61 Å². The summed E-state index contributed by atoms with van der Waals surface area (Å²) in [5, 5.41) is 0. The molecular formula is C16H24N2O3. The van der Waals surface area contributed by atoms with Crippen LogP contribution in [0.15, 0.2) is 24.3 Å². The highest BCUT2D eigenvalue weighted by Gasteiger charge is 2.05. The van der Waals surface area contributed by atoms with Crippen molar-refractivity contribution in [2.75, 3.05) is 6.61 Å². The third kappa shape index (κ3) is 7.97. The molecule has 116 valence electrons. The molecule has 0 aliphatic heterocycles. The molecule has 0 fully saturated rings. The van der Waals surface area contributed by atoms with Crippen LogP contribution in [0.1, 0.15) is 44.6 Å². The summed E-state index contributed by atoms with van der Waals surface area (Å²) in [7, 11) is 0. The molecule has 2 N–H and O–H groups in total. The van der Waals surface area contributed by atoms with Gasteiger partial charge in [0, 0.05) is 6.42 Å². The predicted molar refractivity (Wildman–Crippen MR) is 81.7 cm³/mol. The summed E-state index contributed by atoms with van der Waals surface area (Å²) in [6.07, 6.45) is 4.57. The average Bonchev–Trinajstić information content (AvgIpc) is 2.47. The van der Waals surface area contributed by atoms with Crippen LogP contribution in [0, 0.1) is 6.92 Å². The van der Waals surface area contributed by atoms with Gasteiger partial charge >= 0.3 is 0 Å². The minimum absolute atomic E-state index is 0.125. The van der Waals surface area contributed by atoms with Crippen molar-refractivity contribution in [3.05, 3.63) is 29.8 Å².